The molecule has 2 N–H and O–H groups in total. The molecule has 1 aliphatic heterocycles. The summed E-state index contributed by atoms with van der Waals surface area (Å²) < 4.78 is 13.8. The summed E-state index contributed by atoms with van der Waals surface area (Å²) in [5.41, 5.74) is 6.04. The molecule has 2 aromatic heterocycles. The van der Waals surface area contributed by atoms with Crippen molar-refractivity contribution in [1.82, 2.24) is 20.1 Å². The summed E-state index contributed by atoms with van der Waals surface area (Å²) in [5, 5.41) is 18.8. The second kappa shape index (κ2) is 7.87. The lowest BCUT2D eigenvalue weighted by Gasteiger charge is -2.43. The maximum absolute atomic E-state index is 13.8. The molecule has 4 aromatic rings. The highest BCUT2D eigenvalue weighted by atomic mass is 19.1. The maximum Gasteiger partial charge on any atom is 0.225 e. The van der Waals surface area contributed by atoms with Gasteiger partial charge in [-0.3, -0.25) is 14.9 Å². The van der Waals surface area contributed by atoms with E-state index in [0.29, 0.717) is 13.1 Å². The molecule has 6 rings (SSSR count). The van der Waals surface area contributed by atoms with Crippen LogP contribution in [0, 0.1) is 11.7 Å². The van der Waals surface area contributed by atoms with Crippen molar-refractivity contribution in [3.8, 4) is 11.1 Å². The van der Waals surface area contributed by atoms with Gasteiger partial charge in [0.05, 0.1) is 23.3 Å². The van der Waals surface area contributed by atoms with E-state index >= 15 is 0 Å². The van der Waals surface area contributed by atoms with Gasteiger partial charge in [-0.15, -0.1) is 0 Å². The van der Waals surface area contributed by atoms with E-state index in [1.54, 1.807) is 11.1 Å². The molecule has 174 valence electrons. The third-order valence-electron chi connectivity index (χ3n) is 7.37. The van der Waals surface area contributed by atoms with E-state index in [1.165, 1.54) is 12.1 Å². The number of nitrogens with zero attached hydrogens (tertiary/aromatic N) is 3. The van der Waals surface area contributed by atoms with Crippen molar-refractivity contribution in [3.63, 3.8) is 0 Å². The predicted molar refractivity (Wildman–Crippen MR) is 129 cm³/mol. The van der Waals surface area contributed by atoms with Crippen molar-refractivity contribution < 1.29 is 14.3 Å². The Labute approximate surface area is 196 Å². The van der Waals surface area contributed by atoms with Gasteiger partial charge in [0, 0.05) is 41.4 Å². The number of carbonyl (C=O) groups is 1. The lowest BCUT2D eigenvalue weighted by molar-refractivity contribution is -0.149. The molecule has 3 heterocycles. The number of H-pyrrole nitrogens is 1. The molecule has 6 nitrogen and oxygen atoms in total. The average molecular weight is 459 g/mol. The van der Waals surface area contributed by atoms with E-state index < -0.39 is 0 Å². The molecule has 2 fully saturated rings. The van der Waals surface area contributed by atoms with Crippen molar-refractivity contribution in [3.05, 3.63) is 59.7 Å². The highest BCUT2D eigenvalue weighted by molar-refractivity contribution is 6.03. The molecule has 0 radical (unpaired) electrons. The predicted octanol–water partition coefficient (Wildman–Crippen LogP) is 4.74. The number of carbonyl (C=O) groups excluding carboxylic acids is 1. The number of aliphatic hydroxyl groups excluding tert-OH is 1. The van der Waals surface area contributed by atoms with Gasteiger partial charge in [0.1, 0.15) is 5.82 Å². The third kappa shape index (κ3) is 3.38. The number of amides is 1. The van der Waals surface area contributed by atoms with E-state index in [2.05, 4.69) is 30.1 Å². The molecule has 2 aromatic carbocycles. The molecule has 2 aliphatic rings. The molecular formula is C27H27FN4O2. The molecule has 0 bridgehead atoms. The van der Waals surface area contributed by atoms with Gasteiger partial charge >= 0.3 is 0 Å². The van der Waals surface area contributed by atoms with E-state index in [-0.39, 0.29) is 35.6 Å². The van der Waals surface area contributed by atoms with Crippen LogP contribution in [0.15, 0.2) is 42.6 Å². The SMILES string of the molecule is CC(C)c1c(C2CC(C(=O)N3CC(O)C3)C2)nc2cc3[nH]ncc3cc2c1-c1ccc(F)cc1. The fourth-order valence-corrected chi connectivity index (χ4v) is 5.50. The van der Waals surface area contributed by atoms with Crippen molar-refractivity contribution in [2.24, 2.45) is 5.92 Å². The summed E-state index contributed by atoms with van der Waals surface area (Å²) in [6, 6.07) is 10.8. The lowest BCUT2D eigenvalue weighted by atomic mass is 9.69. The first-order valence-corrected chi connectivity index (χ1v) is 11.9. The van der Waals surface area contributed by atoms with Gasteiger partial charge < -0.3 is 10.0 Å². The molecule has 0 atom stereocenters. The first kappa shape index (κ1) is 21.2. The van der Waals surface area contributed by atoms with Crippen molar-refractivity contribution in [2.45, 2.75) is 44.6 Å². The smallest absolute Gasteiger partial charge is 0.225 e. The lowest BCUT2D eigenvalue weighted by Crippen LogP contribution is -2.56. The Balaban J connectivity index is 1.47. The molecule has 7 heteroatoms. The average Bonchev–Trinajstić information content (AvgIpc) is 3.21. The number of rotatable bonds is 4. The van der Waals surface area contributed by atoms with Crippen LogP contribution in [0.3, 0.4) is 0 Å². The van der Waals surface area contributed by atoms with Crippen LogP contribution in [0.2, 0.25) is 0 Å². The molecule has 1 aliphatic carbocycles. The van der Waals surface area contributed by atoms with E-state index in [4.69, 9.17) is 4.98 Å². The molecule has 0 spiro atoms. The highest BCUT2D eigenvalue weighted by Gasteiger charge is 2.42. The number of fused-ring (bicyclic) bond motifs is 2. The molecular weight excluding hydrogens is 431 g/mol. The summed E-state index contributed by atoms with van der Waals surface area (Å²) in [7, 11) is 0. The monoisotopic (exact) mass is 458 g/mol. The van der Waals surface area contributed by atoms with Gasteiger partial charge in [-0.25, -0.2) is 4.39 Å². The number of hydrogen-bond acceptors (Lipinski definition) is 4. The number of benzene rings is 2. The number of aliphatic hydroxyl groups is 1. The minimum absolute atomic E-state index is 0.0145. The number of β-amino-alcohol motifs (C(OH)–C–C–N with tert-alkyl or cyclic N) is 1. The van der Waals surface area contributed by atoms with Crippen molar-refractivity contribution in [2.75, 3.05) is 13.1 Å². The number of likely N-dealkylation sites (tertiary alicyclic amines) is 1. The molecule has 0 unspecified atom stereocenters. The topological polar surface area (TPSA) is 82.1 Å². The Morgan fingerprint density at radius 1 is 1.18 bits per heavy atom. The summed E-state index contributed by atoms with van der Waals surface area (Å²) >= 11 is 0. The van der Waals surface area contributed by atoms with Crippen LogP contribution in [0.25, 0.3) is 32.9 Å². The Morgan fingerprint density at radius 3 is 2.59 bits per heavy atom. The molecule has 1 saturated heterocycles. The Hall–Kier alpha value is -3.32. The zero-order chi connectivity index (χ0) is 23.6. The Kier molecular flexibility index (Phi) is 4.92. The standard InChI is InChI=1S/C27H27FN4O2/c1-14(2)24-25(15-3-5-19(28)6-4-15)21-9-18-11-29-31-22(18)10-23(21)30-26(24)16-7-17(8-16)27(34)32-12-20(33)13-32/h3-6,9-11,14,16-17,20,33H,7-8,12-13H2,1-2H3,(H,29,31). The van der Waals surface area contributed by atoms with E-state index in [1.807, 2.05) is 18.2 Å². The zero-order valence-corrected chi connectivity index (χ0v) is 19.3. The maximum atomic E-state index is 13.8. The van der Waals surface area contributed by atoms with Gasteiger partial charge in [-0.05, 0) is 59.7 Å². The second-order valence-electron chi connectivity index (χ2n) is 10.0. The second-order valence-corrected chi connectivity index (χ2v) is 10.0. The fourth-order valence-electron chi connectivity index (χ4n) is 5.50. The summed E-state index contributed by atoms with van der Waals surface area (Å²) in [6.45, 7) is 5.22. The number of nitrogens with one attached hydrogen (secondary N) is 1. The first-order chi connectivity index (χ1) is 16.4. The summed E-state index contributed by atoms with van der Waals surface area (Å²) in [6.07, 6.45) is 2.95. The van der Waals surface area contributed by atoms with Crippen molar-refractivity contribution in [1.29, 1.82) is 0 Å². The minimum atomic E-state index is -0.382. The number of hydrogen-bond donors (Lipinski definition) is 2. The Morgan fingerprint density at radius 2 is 1.91 bits per heavy atom. The quantitative estimate of drug-likeness (QED) is 0.463. The van der Waals surface area contributed by atoms with Gasteiger partial charge in [0.15, 0.2) is 0 Å². The van der Waals surface area contributed by atoms with Crippen molar-refractivity contribution >= 4 is 27.7 Å². The third-order valence-corrected chi connectivity index (χ3v) is 7.37. The first-order valence-electron chi connectivity index (χ1n) is 11.9. The fraction of sp³-hybridized carbons (Fsp3) is 0.370. The number of pyridine rings is 1. The molecule has 1 amide bonds. The van der Waals surface area contributed by atoms with Gasteiger partial charge in [0.2, 0.25) is 5.91 Å². The van der Waals surface area contributed by atoms with Crippen LogP contribution in [0.1, 0.15) is 49.8 Å². The summed E-state index contributed by atoms with van der Waals surface area (Å²) in [4.78, 5) is 19.6. The number of aromatic nitrogens is 3. The van der Waals surface area contributed by atoms with E-state index in [9.17, 15) is 14.3 Å². The zero-order valence-electron chi connectivity index (χ0n) is 19.3. The molecule has 1 saturated carbocycles. The van der Waals surface area contributed by atoms with Crippen LogP contribution >= 0.6 is 0 Å². The number of aromatic amines is 1. The van der Waals surface area contributed by atoms with Crippen LogP contribution in [0.4, 0.5) is 4.39 Å². The largest absolute Gasteiger partial charge is 0.389 e. The van der Waals surface area contributed by atoms with Gasteiger partial charge in [-0.1, -0.05) is 26.0 Å². The van der Waals surface area contributed by atoms with Crippen LogP contribution in [-0.2, 0) is 4.79 Å². The van der Waals surface area contributed by atoms with Crippen LogP contribution < -0.4 is 0 Å². The minimum Gasteiger partial charge on any atom is -0.389 e. The van der Waals surface area contributed by atoms with Gasteiger partial charge in [0.25, 0.3) is 0 Å². The summed E-state index contributed by atoms with van der Waals surface area (Å²) in [5.74, 6) is 0.263. The van der Waals surface area contributed by atoms with Crippen LogP contribution in [0.5, 0.6) is 0 Å². The normalized spacial score (nSPS) is 20.7. The highest BCUT2D eigenvalue weighted by Crippen LogP contribution is 2.48. The van der Waals surface area contributed by atoms with E-state index in [0.717, 1.165) is 57.0 Å². The number of halogens is 1. The Bertz CT molecular complexity index is 1400. The van der Waals surface area contributed by atoms with Gasteiger partial charge in [-0.2, -0.15) is 5.10 Å². The van der Waals surface area contributed by atoms with Crippen LogP contribution in [-0.4, -0.2) is 50.3 Å². The molecule has 34 heavy (non-hydrogen) atoms.